The van der Waals surface area contributed by atoms with Crippen LogP contribution in [0.25, 0.3) is 0 Å². The van der Waals surface area contributed by atoms with Crippen molar-refractivity contribution in [1.29, 1.82) is 0 Å². The molecule has 0 N–H and O–H groups in total. The lowest BCUT2D eigenvalue weighted by molar-refractivity contribution is -0.152. The third kappa shape index (κ3) is 5.62. The van der Waals surface area contributed by atoms with E-state index < -0.39 is 5.97 Å². The Bertz CT molecular complexity index is 730. The number of amides is 1. The van der Waals surface area contributed by atoms with Crippen molar-refractivity contribution in [3.63, 3.8) is 0 Å². The Morgan fingerprint density at radius 2 is 1.69 bits per heavy atom. The summed E-state index contributed by atoms with van der Waals surface area (Å²) in [4.78, 5) is 25.6. The summed E-state index contributed by atoms with van der Waals surface area (Å²) in [5.74, 6) is 0.0509. The molecule has 0 spiro atoms. The lowest BCUT2D eigenvalue weighted by Crippen LogP contribution is -2.33. The summed E-state index contributed by atoms with van der Waals surface area (Å²) >= 11 is 0. The summed E-state index contributed by atoms with van der Waals surface area (Å²) in [6, 6.07) is 17.2. The number of carbonyl (C=O) groups is 2. The minimum absolute atomic E-state index is 0.0909. The fourth-order valence-electron chi connectivity index (χ4n) is 2.45. The van der Waals surface area contributed by atoms with Crippen molar-refractivity contribution < 1.29 is 19.1 Å². The summed E-state index contributed by atoms with van der Waals surface area (Å²) in [5, 5.41) is 0. The number of likely N-dealkylation sites (N-methyl/N-ethyl adjacent to an activating group) is 1. The minimum atomic E-state index is -0.451. The monoisotopic (exact) mass is 355 g/mol. The normalized spacial score (nSPS) is 11.5. The van der Waals surface area contributed by atoms with Crippen molar-refractivity contribution in [2.75, 3.05) is 20.3 Å². The predicted molar refractivity (Wildman–Crippen MR) is 99.9 cm³/mol. The van der Waals surface area contributed by atoms with Gasteiger partial charge in [-0.1, -0.05) is 48.5 Å². The first-order valence-corrected chi connectivity index (χ1v) is 8.63. The number of carbonyl (C=O) groups excluding carboxylic acids is 2. The molecule has 2 rings (SSSR count). The molecule has 0 saturated carbocycles. The molecule has 0 aliphatic heterocycles. The van der Waals surface area contributed by atoms with Crippen molar-refractivity contribution in [2.24, 2.45) is 0 Å². The molecule has 0 aliphatic rings. The second kappa shape index (κ2) is 9.61. The predicted octanol–water partition coefficient (Wildman–Crippen LogP) is 3.53. The highest BCUT2D eigenvalue weighted by Crippen LogP contribution is 2.18. The summed E-state index contributed by atoms with van der Waals surface area (Å²) in [5.41, 5.74) is 2.04. The van der Waals surface area contributed by atoms with E-state index in [1.807, 2.05) is 68.4 Å². The van der Waals surface area contributed by atoms with Crippen LogP contribution in [0.2, 0.25) is 0 Å². The van der Waals surface area contributed by atoms with Crippen LogP contribution in [0.3, 0.4) is 0 Å². The number of esters is 1. The molecule has 0 bridgehead atoms. The molecule has 2 aromatic carbocycles. The van der Waals surface area contributed by atoms with Gasteiger partial charge in [0.2, 0.25) is 0 Å². The molecule has 0 saturated heterocycles. The SMILES string of the molecule is Cc1ccccc1OCCC(=O)OCC(=O)N(C)C(C)c1ccccc1. The van der Waals surface area contributed by atoms with E-state index >= 15 is 0 Å². The summed E-state index contributed by atoms with van der Waals surface area (Å²) in [7, 11) is 1.70. The van der Waals surface area contributed by atoms with Gasteiger partial charge in [0.05, 0.1) is 19.1 Å². The van der Waals surface area contributed by atoms with Crippen molar-refractivity contribution in [3.8, 4) is 5.75 Å². The molecule has 0 aliphatic carbocycles. The number of rotatable bonds is 8. The fraction of sp³-hybridized carbons (Fsp3) is 0.333. The molecule has 1 atom stereocenters. The van der Waals surface area contributed by atoms with E-state index in [0.717, 1.165) is 16.9 Å². The largest absolute Gasteiger partial charge is 0.493 e. The van der Waals surface area contributed by atoms with Gasteiger partial charge in [-0.15, -0.1) is 0 Å². The number of para-hydroxylation sites is 1. The van der Waals surface area contributed by atoms with Gasteiger partial charge in [0.25, 0.3) is 5.91 Å². The number of benzene rings is 2. The van der Waals surface area contributed by atoms with Crippen molar-refractivity contribution in [2.45, 2.75) is 26.3 Å². The topological polar surface area (TPSA) is 55.8 Å². The first kappa shape index (κ1) is 19.5. The second-order valence-electron chi connectivity index (χ2n) is 6.12. The zero-order chi connectivity index (χ0) is 18.9. The molecule has 5 heteroatoms. The van der Waals surface area contributed by atoms with Gasteiger partial charge in [-0.05, 0) is 31.0 Å². The number of ether oxygens (including phenoxy) is 2. The molecule has 138 valence electrons. The molecular weight excluding hydrogens is 330 g/mol. The quantitative estimate of drug-likeness (QED) is 0.680. The molecule has 2 aromatic rings. The maximum absolute atomic E-state index is 12.2. The van der Waals surface area contributed by atoms with Crippen LogP contribution in [0, 0.1) is 6.92 Å². The van der Waals surface area contributed by atoms with Gasteiger partial charge in [-0.25, -0.2) is 0 Å². The van der Waals surface area contributed by atoms with E-state index in [4.69, 9.17) is 9.47 Å². The number of hydrogen-bond donors (Lipinski definition) is 0. The van der Waals surface area contributed by atoms with Crippen LogP contribution in [0.4, 0.5) is 0 Å². The van der Waals surface area contributed by atoms with Gasteiger partial charge in [-0.2, -0.15) is 0 Å². The van der Waals surface area contributed by atoms with Gasteiger partial charge in [-0.3, -0.25) is 9.59 Å². The van der Waals surface area contributed by atoms with E-state index in [1.54, 1.807) is 11.9 Å². The minimum Gasteiger partial charge on any atom is -0.493 e. The molecule has 1 amide bonds. The first-order valence-electron chi connectivity index (χ1n) is 8.63. The van der Waals surface area contributed by atoms with E-state index in [1.165, 1.54) is 0 Å². The van der Waals surface area contributed by atoms with Crippen molar-refractivity contribution in [3.05, 3.63) is 65.7 Å². The average molecular weight is 355 g/mol. The Morgan fingerprint density at radius 1 is 1.04 bits per heavy atom. The summed E-state index contributed by atoms with van der Waals surface area (Å²) in [6.07, 6.45) is 0.0968. The fourth-order valence-corrected chi connectivity index (χ4v) is 2.45. The third-order valence-electron chi connectivity index (χ3n) is 4.27. The lowest BCUT2D eigenvalue weighted by Gasteiger charge is -2.25. The molecular formula is C21H25NO4. The van der Waals surface area contributed by atoms with Crippen LogP contribution < -0.4 is 4.74 Å². The maximum Gasteiger partial charge on any atom is 0.309 e. The van der Waals surface area contributed by atoms with Gasteiger partial charge in [0, 0.05) is 7.05 Å². The van der Waals surface area contributed by atoms with E-state index in [-0.39, 0.29) is 31.6 Å². The van der Waals surface area contributed by atoms with Gasteiger partial charge in [0.1, 0.15) is 5.75 Å². The molecule has 5 nitrogen and oxygen atoms in total. The Kier molecular flexibility index (Phi) is 7.21. The highest BCUT2D eigenvalue weighted by Gasteiger charge is 2.18. The highest BCUT2D eigenvalue weighted by atomic mass is 16.5. The molecule has 1 unspecified atom stereocenters. The molecule has 0 aromatic heterocycles. The zero-order valence-electron chi connectivity index (χ0n) is 15.5. The van der Waals surface area contributed by atoms with Crippen LogP contribution in [-0.2, 0) is 14.3 Å². The van der Waals surface area contributed by atoms with Gasteiger partial charge < -0.3 is 14.4 Å². The lowest BCUT2D eigenvalue weighted by atomic mass is 10.1. The zero-order valence-corrected chi connectivity index (χ0v) is 15.5. The molecule has 0 heterocycles. The van der Waals surface area contributed by atoms with Crippen LogP contribution in [0.1, 0.15) is 30.5 Å². The summed E-state index contributed by atoms with van der Waals surface area (Å²) < 4.78 is 10.6. The van der Waals surface area contributed by atoms with Crippen LogP contribution in [0.15, 0.2) is 54.6 Å². The van der Waals surface area contributed by atoms with E-state index in [2.05, 4.69) is 0 Å². The number of hydrogen-bond acceptors (Lipinski definition) is 4. The van der Waals surface area contributed by atoms with Gasteiger partial charge in [0.15, 0.2) is 6.61 Å². The standard InChI is InChI=1S/C21H25NO4/c1-16-9-7-8-12-19(16)25-14-13-21(24)26-15-20(23)22(3)17(2)18-10-5-4-6-11-18/h4-12,17H,13-15H2,1-3H3. The van der Waals surface area contributed by atoms with Crippen molar-refractivity contribution >= 4 is 11.9 Å². The molecule has 26 heavy (non-hydrogen) atoms. The van der Waals surface area contributed by atoms with E-state index in [9.17, 15) is 9.59 Å². The Morgan fingerprint density at radius 3 is 2.38 bits per heavy atom. The Balaban J connectivity index is 1.72. The van der Waals surface area contributed by atoms with Crippen LogP contribution in [-0.4, -0.2) is 37.0 Å². The first-order chi connectivity index (χ1) is 12.5. The average Bonchev–Trinajstić information content (AvgIpc) is 2.67. The maximum atomic E-state index is 12.2. The van der Waals surface area contributed by atoms with E-state index in [0.29, 0.717) is 0 Å². The van der Waals surface area contributed by atoms with Crippen LogP contribution >= 0.6 is 0 Å². The number of aryl methyl sites for hydroxylation is 1. The third-order valence-corrected chi connectivity index (χ3v) is 4.27. The Labute approximate surface area is 154 Å². The number of nitrogens with zero attached hydrogens (tertiary/aromatic N) is 1. The molecule has 0 fully saturated rings. The van der Waals surface area contributed by atoms with Gasteiger partial charge >= 0.3 is 5.97 Å². The molecule has 0 radical (unpaired) electrons. The van der Waals surface area contributed by atoms with Crippen LogP contribution in [0.5, 0.6) is 5.75 Å². The Hall–Kier alpha value is -2.82. The van der Waals surface area contributed by atoms with Crippen molar-refractivity contribution in [1.82, 2.24) is 4.90 Å². The summed E-state index contributed by atoms with van der Waals surface area (Å²) in [6.45, 7) is 3.83. The highest BCUT2D eigenvalue weighted by molar-refractivity contribution is 5.80. The second-order valence-corrected chi connectivity index (χ2v) is 6.12. The smallest absolute Gasteiger partial charge is 0.309 e.